The molecule has 1 aromatic heterocycles. The Morgan fingerprint density at radius 2 is 1.88 bits per heavy atom. The molecule has 0 saturated carbocycles. The number of carbonyl (C=O) groups is 2. The average molecular weight is 351 g/mol. The zero-order chi connectivity index (χ0) is 18.4. The lowest BCUT2D eigenvalue weighted by Gasteiger charge is -2.06. The molecule has 0 atom stereocenters. The minimum Gasteiger partial charge on any atom is -0.410 e. The van der Waals surface area contributed by atoms with E-state index >= 15 is 0 Å². The van der Waals surface area contributed by atoms with Crippen LogP contribution in [0.25, 0.3) is 10.9 Å². The SMILES string of the molecule is NC(=O)Oc1ccc2[nH]cc(CCNC(=O)CCc3ccccc3)c2c1. The van der Waals surface area contributed by atoms with Gasteiger partial charge in [0.25, 0.3) is 0 Å². The highest BCUT2D eigenvalue weighted by Crippen LogP contribution is 2.24. The van der Waals surface area contributed by atoms with E-state index in [1.165, 1.54) is 0 Å². The number of fused-ring (bicyclic) bond motifs is 1. The molecular formula is C20H21N3O3. The molecule has 3 rings (SSSR count). The number of aryl methyl sites for hydroxylation is 1. The van der Waals surface area contributed by atoms with E-state index in [2.05, 4.69) is 10.3 Å². The van der Waals surface area contributed by atoms with E-state index in [9.17, 15) is 9.59 Å². The van der Waals surface area contributed by atoms with E-state index in [-0.39, 0.29) is 5.91 Å². The molecule has 0 unspecified atom stereocenters. The second kappa shape index (κ2) is 8.20. The van der Waals surface area contributed by atoms with E-state index in [1.807, 2.05) is 42.6 Å². The minimum atomic E-state index is -0.841. The molecule has 26 heavy (non-hydrogen) atoms. The van der Waals surface area contributed by atoms with Gasteiger partial charge in [0.15, 0.2) is 0 Å². The van der Waals surface area contributed by atoms with E-state index in [0.29, 0.717) is 25.1 Å². The molecule has 6 nitrogen and oxygen atoms in total. The molecule has 134 valence electrons. The number of ether oxygens (including phenoxy) is 1. The molecule has 2 aromatic carbocycles. The first kappa shape index (κ1) is 17.5. The van der Waals surface area contributed by atoms with Crippen LogP contribution in [0.5, 0.6) is 5.75 Å². The van der Waals surface area contributed by atoms with Crippen LogP contribution in [0.4, 0.5) is 4.79 Å². The summed E-state index contributed by atoms with van der Waals surface area (Å²) in [5, 5.41) is 3.89. The van der Waals surface area contributed by atoms with Crippen molar-refractivity contribution in [2.75, 3.05) is 6.54 Å². The quantitative estimate of drug-likeness (QED) is 0.610. The van der Waals surface area contributed by atoms with Crippen LogP contribution in [-0.4, -0.2) is 23.5 Å². The Hall–Kier alpha value is -3.28. The lowest BCUT2D eigenvalue weighted by atomic mass is 10.1. The number of hydrogen-bond donors (Lipinski definition) is 3. The number of amides is 2. The summed E-state index contributed by atoms with van der Waals surface area (Å²) in [6, 6.07) is 15.2. The molecule has 4 N–H and O–H groups in total. The first-order valence-corrected chi connectivity index (χ1v) is 8.50. The third kappa shape index (κ3) is 4.63. The van der Waals surface area contributed by atoms with Crippen molar-refractivity contribution in [2.45, 2.75) is 19.3 Å². The monoisotopic (exact) mass is 351 g/mol. The van der Waals surface area contributed by atoms with Crippen molar-refractivity contribution >= 4 is 22.9 Å². The van der Waals surface area contributed by atoms with Crippen LogP contribution in [-0.2, 0) is 17.6 Å². The van der Waals surface area contributed by atoms with Crippen LogP contribution < -0.4 is 15.8 Å². The van der Waals surface area contributed by atoms with Gasteiger partial charge in [-0.15, -0.1) is 0 Å². The van der Waals surface area contributed by atoms with Crippen molar-refractivity contribution in [1.82, 2.24) is 10.3 Å². The smallest absolute Gasteiger partial charge is 0.409 e. The van der Waals surface area contributed by atoms with Crippen LogP contribution in [0.3, 0.4) is 0 Å². The molecule has 0 aliphatic heterocycles. The summed E-state index contributed by atoms with van der Waals surface area (Å²) in [7, 11) is 0. The molecule has 0 aliphatic rings. The van der Waals surface area contributed by atoms with Gasteiger partial charge in [-0.2, -0.15) is 0 Å². The number of benzene rings is 2. The number of primary amides is 1. The fourth-order valence-corrected chi connectivity index (χ4v) is 2.87. The van der Waals surface area contributed by atoms with Gasteiger partial charge >= 0.3 is 6.09 Å². The fraction of sp³-hybridized carbons (Fsp3) is 0.200. The van der Waals surface area contributed by atoms with Crippen molar-refractivity contribution in [1.29, 1.82) is 0 Å². The predicted octanol–water partition coefficient (Wildman–Crippen LogP) is 2.92. The maximum Gasteiger partial charge on any atom is 0.409 e. The molecule has 6 heteroatoms. The van der Waals surface area contributed by atoms with Gasteiger partial charge in [0.1, 0.15) is 5.75 Å². The van der Waals surface area contributed by atoms with E-state index < -0.39 is 6.09 Å². The highest BCUT2D eigenvalue weighted by atomic mass is 16.5. The number of rotatable bonds is 7. The van der Waals surface area contributed by atoms with Crippen molar-refractivity contribution in [3.8, 4) is 5.75 Å². The van der Waals surface area contributed by atoms with Gasteiger partial charge < -0.3 is 20.8 Å². The zero-order valence-corrected chi connectivity index (χ0v) is 14.3. The number of nitrogens with two attached hydrogens (primary N) is 1. The van der Waals surface area contributed by atoms with Crippen LogP contribution in [0.1, 0.15) is 17.5 Å². The summed E-state index contributed by atoms with van der Waals surface area (Å²) < 4.78 is 4.92. The molecule has 0 spiro atoms. The summed E-state index contributed by atoms with van der Waals surface area (Å²) in [5.41, 5.74) is 8.18. The Labute approximate surface area is 151 Å². The van der Waals surface area contributed by atoms with Gasteiger partial charge in [0.2, 0.25) is 5.91 Å². The van der Waals surface area contributed by atoms with Crippen LogP contribution >= 0.6 is 0 Å². The zero-order valence-electron chi connectivity index (χ0n) is 14.3. The highest BCUT2D eigenvalue weighted by molar-refractivity contribution is 5.85. The third-order valence-corrected chi connectivity index (χ3v) is 4.16. The van der Waals surface area contributed by atoms with E-state index in [1.54, 1.807) is 12.1 Å². The summed E-state index contributed by atoms with van der Waals surface area (Å²) in [4.78, 5) is 26.0. The first-order valence-electron chi connectivity index (χ1n) is 8.50. The number of aromatic nitrogens is 1. The number of carbonyl (C=O) groups excluding carboxylic acids is 2. The molecule has 0 aliphatic carbocycles. The first-order chi connectivity index (χ1) is 12.6. The number of nitrogens with one attached hydrogen (secondary N) is 2. The van der Waals surface area contributed by atoms with Crippen LogP contribution in [0, 0.1) is 0 Å². The maximum atomic E-state index is 12.0. The van der Waals surface area contributed by atoms with Crippen LogP contribution in [0.2, 0.25) is 0 Å². The predicted molar refractivity (Wildman–Crippen MR) is 100.0 cm³/mol. The van der Waals surface area contributed by atoms with E-state index in [0.717, 1.165) is 28.5 Å². The largest absolute Gasteiger partial charge is 0.410 e. The van der Waals surface area contributed by atoms with Crippen molar-refractivity contribution in [3.05, 3.63) is 65.9 Å². The molecule has 2 amide bonds. The lowest BCUT2D eigenvalue weighted by Crippen LogP contribution is -2.25. The molecule has 0 bridgehead atoms. The summed E-state index contributed by atoms with van der Waals surface area (Å²) in [5.74, 6) is 0.434. The highest BCUT2D eigenvalue weighted by Gasteiger charge is 2.08. The number of hydrogen-bond acceptors (Lipinski definition) is 3. The lowest BCUT2D eigenvalue weighted by molar-refractivity contribution is -0.121. The topological polar surface area (TPSA) is 97.2 Å². The molecule has 3 aromatic rings. The number of aromatic amines is 1. The molecule has 1 heterocycles. The molecule has 0 radical (unpaired) electrons. The third-order valence-electron chi connectivity index (χ3n) is 4.16. The fourth-order valence-electron chi connectivity index (χ4n) is 2.87. The van der Waals surface area contributed by atoms with Gasteiger partial charge in [-0.25, -0.2) is 4.79 Å². The van der Waals surface area contributed by atoms with Crippen LogP contribution in [0.15, 0.2) is 54.7 Å². The van der Waals surface area contributed by atoms with Gasteiger partial charge in [-0.1, -0.05) is 30.3 Å². The summed E-state index contributed by atoms with van der Waals surface area (Å²) >= 11 is 0. The molecular weight excluding hydrogens is 330 g/mol. The summed E-state index contributed by atoms with van der Waals surface area (Å²) in [6.07, 6.45) is 2.93. The average Bonchev–Trinajstić information content (AvgIpc) is 3.03. The number of H-pyrrole nitrogens is 1. The van der Waals surface area contributed by atoms with Gasteiger partial charge in [0.05, 0.1) is 0 Å². The second-order valence-corrected chi connectivity index (χ2v) is 6.03. The van der Waals surface area contributed by atoms with Gasteiger partial charge in [-0.3, -0.25) is 4.79 Å². The van der Waals surface area contributed by atoms with Crippen molar-refractivity contribution in [3.63, 3.8) is 0 Å². The summed E-state index contributed by atoms with van der Waals surface area (Å²) in [6.45, 7) is 0.543. The van der Waals surface area contributed by atoms with Crippen molar-refractivity contribution < 1.29 is 14.3 Å². The Morgan fingerprint density at radius 3 is 2.65 bits per heavy atom. The normalized spacial score (nSPS) is 10.6. The standard InChI is InChI=1S/C20H21N3O3/c21-20(25)26-16-7-8-18-17(12-16)15(13-23-18)10-11-22-19(24)9-6-14-4-2-1-3-5-14/h1-5,7-8,12-13,23H,6,9-11H2,(H2,21,25)(H,22,24). The maximum absolute atomic E-state index is 12.0. The Morgan fingerprint density at radius 1 is 1.08 bits per heavy atom. The Bertz CT molecular complexity index is 903. The van der Waals surface area contributed by atoms with Crippen molar-refractivity contribution in [2.24, 2.45) is 5.73 Å². The second-order valence-electron chi connectivity index (χ2n) is 6.03. The Kier molecular flexibility index (Phi) is 5.53. The Balaban J connectivity index is 1.52. The molecule has 0 fully saturated rings. The van der Waals surface area contributed by atoms with Gasteiger partial charge in [-0.05, 0) is 42.2 Å². The van der Waals surface area contributed by atoms with Gasteiger partial charge in [0, 0.05) is 30.1 Å². The molecule has 0 saturated heterocycles. The van der Waals surface area contributed by atoms with E-state index in [4.69, 9.17) is 10.5 Å². The minimum absolute atomic E-state index is 0.0337.